The zero-order chi connectivity index (χ0) is 33.0. The van der Waals surface area contributed by atoms with E-state index >= 15 is 0 Å². The van der Waals surface area contributed by atoms with Crippen LogP contribution in [0.1, 0.15) is 21.6 Å². The second kappa shape index (κ2) is 16.5. The van der Waals surface area contributed by atoms with Crippen molar-refractivity contribution in [3.05, 3.63) is 118 Å². The third kappa shape index (κ3) is 8.26. The number of rotatable bonds is 9. The van der Waals surface area contributed by atoms with Gasteiger partial charge in [0.1, 0.15) is 24.4 Å². The number of carbonyl (C=O) groups is 3. The van der Waals surface area contributed by atoms with Crippen LogP contribution in [0, 0.1) is 6.92 Å². The van der Waals surface area contributed by atoms with E-state index in [0.29, 0.717) is 38.8 Å². The molecule has 3 aromatic carbocycles. The number of halogens is 4. The maximum atomic E-state index is 13.5. The third-order valence-electron chi connectivity index (χ3n) is 7.41. The van der Waals surface area contributed by atoms with Crippen LogP contribution in [-0.4, -0.2) is 48.5 Å². The van der Waals surface area contributed by atoms with Crippen molar-refractivity contribution < 1.29 is 19.1 Å². The number of amides is 4. The Kier molecular flexibility index (Phi) is 13.0. The Morgan fingerprint density at radius 2 is 1.56 bits per heavy atom. The Morgan fingerprint density at radius 1 is 0.854 bits per heavy atom. The number of aryl methyl sites for hydroxylation is 1. The highest BCUT2D eigenvalue weighted by Crippen LogP contribution is 2.35. The van der Waals surface area contributed by atoms with Crippen molar-refractivity contribution >= 4 is 93.8 Å². The largest absolute Gasteiger partial charge is 0.487 e. The lowest BCUT2D eigenvalue weighted by Crippen LogP contribution is -2.44. The Morgan fingerprint density at radius 3 is 2.27 bits per heavy atom. The lowest BCUT2D eigenvalue weighted by atomic mass is 10.1. The van der Waals surface area contributed by atoms with E-state index in [9.17, 15) is 14.4 Å². The monoisotopic (exact) mass is 728 g/mol. The van der Waals surface area contributed by atoms with Crippen LogP contribution in [0.3, 0.4) is 0 Å². The molecular formula is C34H32Cl4N6O4. The molecule has 48 heavy (non-hydrogen) atoms. The molecule has 0 aliphatic carbocycles. The molecule has 0 fully saturated rings. The molecule has 0 bridgehead atoms. The average molecular weight is 730 g/mol. The lowest BCUT2D eigenvalue weighted by molar-refractivity contribution is -0.117. The predicted octanol–water partition coefficient (Wildman–Crippen LogP) is 7.49. The minimum Gasteiger partial charge on any atom is -0.487 e. The molecule has 0 saturated carbocycles. The number of aromatic nitrogens is 2. The summed E-state index contributed by atoms with van der Waals surface area (Å²) in [5.74, 6) is -0.250. The molecular weight excluding hydrogens is 698 g/mol. The smallest absolute Gasteiger partial charge is 0.319 e. The Bertz CT molecular complexity index is 1950. The Balaban J connectivity index is 0.00000312. The lowest BCUT2D eigenvalue weighted by Gasteiger charge is -2.26. The van der Waals surface area contributed by atoms with Crippen LogP contribution in [0.4, 0.5) is 21.9 Å². The highest BCUT2D eigenvalue weighted by molar-refractivity contribution is 6.38. The zero-order valence-corrected chi connectivity index (χ0v) is 29.2. The zero-order valence-electron chi connectivity index (χ0n) is 26.1. The van der Waals surface area contributed by atoms with Gasteiger partial charge in [0.25, 0.3) is 5.91 Å². The number of nitrogens with two attached hydrogens (primary N) is 1. The summed E-state index contributed by atoms with van der Waals surface area (Å²) < 4.78 is 6.11. The van der Waals surface area contributed by atoms with Crippen molar-refractivity contribution in [2.45, 2.75) is 13.5 Å². The molecule has 5 aromatic rings. The molecule has 0 spiro atoms. The number of ether oxygens (including phenoxy) is 1. The Hall–Kier alpha value is -4.61. The van der Waals surface area contributed by atoms with Crippen LogP contribution < -0.4 is 25.2 Å². The van der Waals surface area contributed by atoms with Crippen LogP contribution >= 0.6 is 48.0 Å². The van der Waals surface area contributed by atoms with Gasteiger partial charge in [-0.25, -0.2) is 9.78 Å². The summed E-state index contributed by atoms with van der Waals surface area (Å²) in [6.45, 7) is 1.50. The number of nitrogens with zero attached hydrogens (tertiary/aromatic N) is 5. The molecule has 10 nitrogen and oxygen atoms in total. The van der Waals surface area contributed by atoms with Gasteiger partial charge in [-0.3, -0.25) is 19.5 Å². The van der Waals surface area contributed by atoms with Crippen molar-refractivity contribution in [1.82, 2.24) is 9.97 Å². The summed E-state index contributed by atoms with van der Waals surface area (Å²) in [6, 6.07) is 21.6. The number of likely N-dealkylation sites (N-methyl/N-ethyl adjacent to an activating group) is 1. The molecule has 0 atom stereocenters. The van der Waals surface area contributed by atoms with E-state index in [4.69, 9.17) is 33.7 Å². The van der Waals surface area contributed by atoms with Gasteiger partial charge in [-0.05, 0) is 61.5 Å². The van der Waals surface area contributed by atoms with E-state index in [0.717, 1.165) is 16.0 Å². The maximum Gasteiger partial charge on any atom is 0.319 e. The van der Waals surface area contributed by atoms with Gasteiger partial charge in [0.15, 0.2) is 0 Å². The molecule has 5 rings (SSSR count). The molecule has 2 heterocycles. The molecule has 0 aliphatic heterocycles. The molecule has 0 unspecified atom stereocenters. The summed E-state index contributed by atoms with van der Waals surface area (Å²) in [7, 11) is 3.16. The van der Waals surface area contributed by atoms with Gasteiger partial charge < -0.3 is 20.3 Å². The number of hydrogen-bond acceptors (Lipinski definition) is 6. The molecule has 2 aromatic heterocycles. The van der Waals surface area contributed by atoms with Crippen molar-refractivity contribution in [3.8, 4) is 5.75 Å². The maximum absolute atomic E-state index is 13.5. The number of hydrogen-bond donors (Lipinski definition) is 1. The second-order valence-corrected chi connectivity index (χ2v) is 11.2. The standard InChI is InChI=1S/C34H30Cl2N6O4.2ClH/c1-21-10-11-22-6-5-9-29(32(22)39-21)46-20-26-27(35)12-13-28(31(26)36)41(3)30(43)19-42(34(37)45)25-8-4-7-23(18-25)33(44)40(2)24-14-16-38-17-15-24;;/h4-18H,19-20H2,1-3H3,(H2,37,45);2*1H. The van der Waals surface area contributed by atoms with Gasteiger partial charge in [0, 0.05) is 65.1 Å². The first-order chi connectivity index (χ1) is 22.0. The quantitative estimate of drug-likeness (QED) is 0.168. The number of pyridine rings is 2. The van der Waals surface area contributed by atoms with Gasteiger partial charge in [-0.1, -0.05) is 47.5 Å². The minimum atomic E-state index is -0.871. The predicted molar refractivity (Wildman–Crippen MR) is 196 cm³/mol. The van der Waals surface area contributed by atoms with Crippen molar-refractivity contribution in [2.24, 2.45) is 5.73 Å². The fourth-order valence-corrected chi connectivity index (χ4v) is 5.42. The van der Waals surface area contributed by atoms with E-state index < -0.39 is 18.5 Å². The van der Waals surface area contributed by atoms with E-state index in [1.165, 1.54) is 22.9 Å². The van der Waals surface area contributed by atoms with Crippen molar-refractivity contribution in [2.75, 3.05) is 35.3 Å². The number of para-hydroxylation sites is 1. The normalized spacial score (nSPS) is 10.4. The number of primary amides is 1. The number of anilines is 3. The first kappa shape index (κ1) is 37.8. The van der Waals surface area contributed by atoms with Gasteiger partial charge in [-0.15, -0.1) is 24.8 Å². The molecule has 2 N–H and O–H groups in total. The van der Waals surface area contributed by atoms with Crippen LogP contribution in [0.25, 0.3) is 10.9 Å². The minimum absolute atomic E-state index is 0. The molecule has 14 heteroatoms. The molecule has 4 amide bonds. The van der Waals surface area contributed by atoms with E-state index in [1.54, 1.807) is 61.9 Å². The average Bonchev–Trinajstić information content (AvgIpc) is 3.06. The van der Waals surface area contributed by atoms with Crippen molar-refractivity contribution in [1.29, 1.82) is 0 Å². The highest BCUT2D eigenvalue weighted by Gasteiger charge is 2.24. The van der Waals surface area contributed by atoms with Gasteiger partial charge in [-0.2, -0.15) is 0 Å². The fraction of sp³-hybridized carbons (Fsp3) is 0.147. The Labute approximate surface area is 300 Å². The number of benzene rings is 3. The molecule has 0 saturated heterocycles. The topological polar surface area (TPSA) is 122 Å². The van der Waals surface area contributed by atoms with Crippen LogP contribution in [0.5, 0.6) is 5.75 Å². The molecule has 0 aliphatic rings. The van der Waals surface area contributed by atoms with E-state index in [2.05, 4.69) is 9.97 Å². The van der Waals surface area contributed by atoms with Crippen LogP contribution in [-0.2, 0) is 11.4 Å². The van der Waals surface area contributed by atoms with Gasteiger partial charge in [0.2, 0.25) is 5.91 Å². The summed E-state index contributed by atoms with van der Waals surface area (Å²) in [4.78, 5) is 51.7. The van der Waals surface area contributed by atoms with E-state index in [1.807, 2.05) is 37.3 Å². The first-order valence-corrected chi connectivity index (χ1v) is 14.9. The van der Waals surface area contributed by atoms with Gasteiger partial charge in [0.05, 0.1) is 10.7 Å². The molecule has 0 radical (unpaired) electrons. The van der Waals surface area contributed by atoms with E-state index in [-0.39, 0.29) is 48.0 Å². The number of carbonyl (C=O) groups excluding carboxylic acids is 3. The fourth-order valence-electron chi connectivity index (χ4n) is 4.82. The molecule has 250 valence electrons. The summed E-state index contributed by atoms with van der Waals surface area (Å²) in [5, 5.41) is 1.50. The first-order valence-electron chi connectivity index (χ1n) is 14.1. The van der Waals surface area contributed by atoms with Gasteiger partial charge >= 0.3 is 6.03 Å². The second-order valence-electron chi connectivity index (χ2n) is 10.4. The van der Waals surface area contributed by atoms with Crippen molar-refractivity contribution in [3.63, 3.8) is 0 Å². The van der Waals surface area contributed by atoms with Crippen LogP contribution in [0.2, 0.25) is 10.0 Å². The summed E-state index contributed by atoms with van der Waals surface area (Å²) in [5.41, 5.74) is 9.30. The number of fused-ring (bicyclic) bond motifs is 1. The SMILES string of the molecule is Cc1ccc2cccc(OCc3c(Cl)ccc(N(C)C(=O)CN(C(N)=O)c4cccc(C(=O)N(C)c5ccncc5)c4)c3Cl)c2n1.Cl.Cl. The summed E-state index contributed by atoms with van der Waals surface area (Å²) in [6.07, 6.45) is 3.16. The third-order valence-corrected chi connectivity index (χ3v) is 8.19. The number of urea groups is 1. The van der Waals surface area contributed by atoms with Crippen LogP contribution in [0.15, 0.2) is 91.3 Å². The summed E-state index contributed by atoms with van der Waals surface area (Å²) >= 11 is 13.3. The highest BCUT2D eigenvalue weighted by atomic mass is 35.5.